The Morgan fingerprint density at radius 2 is 2.14 bits per heavy atom. The first-order valence-electron chi connectivity index (χ1n) is 8.80. The van der Waals surface area contributed by atoms with Crippen LogP contribution in [-0.2, 0) is 11.8 Å². The highest BCUT2D eigenvalue weighted by atomic mass is 19.2. The van der Waals surface area contributed by atoms with Gasteiger partial charge in [-0.1, -0.05) is 0 Å². The molecule has 1 aliphatic heterocycles. The van der Waals surface area contributed by atoms with E-state index in [1.165, 1.54) is 6.07 Å². The van der Waals surface area contributed by atoms with Gasteiger partial charge in [0.25, 0.3) is 0 Å². The molecular formula is C18H22F2N6O2. The smallest absolute Gasteiger partial charge is 0.246 e. The molecule has 3 rings (SSSR count). The van der Waals surface area contributed by atoms with Crippen LogP contribution in [0.4, 0.5) is 14.5 Å². The molecule has 1 saturated heterocycles. The number of halogens is 2. The summed E-state index contributed by atoms with van der Waals surface area (Å²) >= 11 is 0. The van der Waals surface area contributed by atoms with Gasteiger partial charge >= 0.3 is 0 Å². The number of hydrogen-bond donors (Lipinski definition) is 1. The molecule has 0 atom stereocenters. The zero-order valence-corrected chi connectivity index (χ0v) is 15.7. The largest absolute Gasteiger partial charge is 0.492 e. The zero-order valence-electron chi connectivity index (χ0n) is 15.7. The van der Waals surface area contributed by atoms with Crippen molar-refractivity contribution in [2.24, 2.45) is 12.0 Å². The number of amides is 1. The van der Waals surface area contributed by atoms with Crippen molar-refractivity contribution in [3.05, 3.63) is 42.2 Å². The minimum atomic E-state index is -0.953. The van der Waals surface area contributed by atoms with Crippen molar-refractivity contribution in [2.75, 3.05) is 44.7 Å². The Morgan fingerprint density at radius 3 is 2.79 bits per heavy atom. The van der Waals surface area contributed by atoms with E-state index in [9.17, 15) is 13.6 Å². The van der Waals surface area contributed by atoms with Crippen LogP contribution in [0.3, 0.4) is 0 Å². The third kappa shape index (κ3) is 4.56. The maximum Gasteiger partial charge on any atom is 0.246 e. The van der Waals surface area contributed by atoms with Gasteiger partial charge in [-0.05, 0) is 12.1 Å². The molecule has 2 heterocycles. The molecule has 28 heavy (non-hydrogen) atoms. The normalized spacial score (nSPS) is 15.1. The van der Waals surface area contributed by atoms with Crippen LogP contribution in [-0.4, -0.2) is 66.4 Å². The molecule has 0 unspecified atom stereocenters. The number of ether oxygens (including phenoxy) is 1. The SMILES string of the molecule is CN=C(NCCOc1ccc(F)c(F)c1)N1CCN(c2cnn(C)c2)C(=O)C1. The van der Waals surface area contributed by atoms with Gasteiger partial charge in [-0.15, -0.1) is 0 Å². The Morgan fingerprint density at radius 1 is 1.32 bits per heavy atom. The number of aromatic nitrogens is 2. The van der Waals surface area contributed by atoms with E-state index in [1.807, 2.05) is 4.90 Å². The first-order chi connectivity index (χ1) is 13.5. The number of aryl methyl sites for hydroxylation is 1. The highest BCUT2D eigenvalue weighted by molar-refractivity contribution is 5.98. The lowest BCUT2D eigenvalue weighted by Gasteiger charge is -2.35. The third-order valence-electron chi connectivity index (χ3n) is 4.28. The molecule has 1 aromatic carbocycles. The van der Waals surface area contributed by atoms with E-state index in [1.54, 1.807) is 36.1 Å². The number of carbonyl (C=O) groups is 1. The summed E-state index contributed by atoms with van der Waals surface area (Å²) in [6.07, 6.45) is 3.46. The fraction of sp³-hybridized carbons (Fsp3) is 0.389. The second-order valence-corrected chi connectivity index (χ2v) is 6.24. The maximum atomic E-state index is 13.2. The maximum absolute atomic E-state index is 13.2. The van der Waals surface area contributed by atoms with E-state index in [0.29, 0.717) is 25.6 Å². The molecule has 1 amide bonds. The highest BCUT2D eigenvalue weighted by Crippen LogP contribution is 2.16. The number of carbonyl (C=O) groups excluding carboxylic acids is 1. The molecule has 0 spiro atoms. The van der Waals surface area contributed by atoms with Crippen molar-refractivity contribution in [1.29, 1.82) is 0 Å². The quantitative estimate of drug-likeness (QED) is 0.467. The third-order valence-corrected chi connectivity index (χ3v) is 4.28. The van der Waals surface area contributed by atoms with E-state index < -0.39 is 11.6 Å². The van der Waals surface area contributed by atoms with Crippen molar-refractivity contribution < 1.29 is 18.3 Å². The molecule has 150 valence electrons. The van der Waals surface area contributed by atoms with Gasteiger partial charge in [0.2, 0.25) is 5.91 Å². The van der Waals surface area contributed by atoms with Gasteiger partial charge in [-0.25, -0.2) is 8.78 Å². The van der Waals surface area contributed by atoms with E-state index in [0.717, 1.165) is 17.8 Å². The lowest BCUT2D eigenvalue weighted by atomic mass is 10.3. The number of nitrogens with one attached hydrogen (secondary N) is 1. The summed E-state index contributed by atoms with van der Waals surface area (Å²) in [5.74, 6) is -1.09. The van der Waals surface area contributed by atoms with Crippen molar-refractivity contribution in [2.45, 2.75) is 0 Å². The van der Waals surface area contributed by atoms with Gasteiger partial charge in [0.1, 0.15) is 18.9 Å². The molecule has 8 nitrogen and oxygen atoms in total. The minimum absolute atomic E-state index is 0.0414. The topological polar surface area (TPSA) is 75.0 Å². The number of rotatable bonds is 5. The fourth-order valence-corrected chi connectivity index (χ4v) is 2.91. The summed E-state index contributed by atoms with van der Waals surface area (Å²) in [4.78, 5) is 20.2. The molecular weight excluding hydrogens is 370 g/mol. The lowest BCUT2D eigenvalue weighted by Crippen LogP contribution is -2.55. The molecule has 0 saturated carbocycles. The first-order valence-corrected chi connectivity index (χ1v) is 8.80. The molecule has 2 aromatic rings. The van der Waals surface area contributed by atoms with Gasteiger partial charge in [0, 0.05) is 39.4 Å². The second-order valence-electron chi connectivity index (χ2n) is 6.24. The Kier molecular flexibility index (Phi) is 6.07. The van der Waals surface area contributed by atoms with Crippen LogP contribution in [0.1, 0.15) is 0 Å². The Labute approximate surface area is 161 Å². The van der Waals surface area contributed by atoms with Crippen LogP contribution in [0.2, 0.25) is 0 Å². The van der Waals surface area contributed by atoms with Crippen LogP contribution >= 0.6 is 0 Å². The molecule has 1 aliphatic rings. The van der Waals surface area contributed by atoms with Gasteiger partial charge < -0.3 is 19.9 Å². The lowest BCUT2D eigenvalue weighted by molar-refractivity contribution is -0.120. The predicted molar refractivity (Wildman–Crippen MR) is 100 cm³/mol. The monoisotopic (exact) mass is 392 g/mol. The summed E-state index contributed by atoms with van der Waals surface area (Å²) in [6.45, 7) is 1.95. The van der Waals surface area contributed by atoms with Crippen molar-refractivity contribution in [3.8, 4) is 5.75 Å². The number of nitrogens with zero attached hydrogens (tertiary/aromatic N) is 5. The number of anilines is 1. The molecule has 1 N–H and O–H groups in total. The number of aliphatic imine (C=N–C) groups is 1. The summed E-state index contributed by atoms with van der Waals surface area (Å²) in [6, 6.07) is 3.38. The summed E-state index contributed by atoms with van der Waals surface area (Å²) in [7, 11) is 3.44. The fourth-order valence-electron chi connectivity index (χ4n) is 2.91. The standard InChI is InChI=1S/C18H22F2N6O2/c1-21-18(22-5-8-28-14-3-4-15(19)16(20)9-14)25-6-7-26(17(27)12-25)13-10-23-24(2)11-13/h3-4,9-11H,5-8,12H2,1-2H3,(H,21,22). The van der Waals surface area contributed by atoms with Crippen LogP contribution in [0.25, 0.3) is 0 Å². The van der Waals surface area contributed by atoms with Crippen molar-refractivity contribution in [3.63, 3.8) is 0 Å². The Bertz CT molecular complexity index is 870. The number of guanidine groups is 1. The van der Waals surface area contributed by atoms with Gasteiger partial charge in [-0.3, -0.25) is 14.5 Å². The van der Waals surface area contributed by atoms with Crippen LogP contribution in [0, 0.1) is 11.6 Å². The van der Waals surface area contributed by atoms with E-state index in [2.05, 4.69) is 15.4 Å². The van der Waals surface area contributed by atoms with Crippen LogP contribution in [0.15, 0.2) is 35.6 Å². The van der Waals surface area contributed by atoms with E-state index in [4.69, 9.17) is 4.74 Å². The highest BCUT2D eigenvalue weighted by Gasteiger charge is 2.27. The molecule has 0 radical (unpaired) electrons. The number of piperazine rings is 1. The Hall–Kier alpha value is -3.17. The number of hydrogen-bond acceptors (Lipinski definition) is 4. The first kappa shape index (κ1) is 19.6. The summed E-state index contributed by atoms with van der Waals surface area (Å²) in [5.41, 5.74) is 0.773. The van der Waals surface area contributed by atoms with E-state index in [-0.39, 0.29) is 24.8 Å². The average Bonchev–Trinajstić information content (AvgIpc) is 3.10. The van der Waals surface area contributed by atoms with Crippen LogP contribution < -0.4 is 15.0 Å². The summed E-state index contributed by atoms with van der Waals surface area (Å²) in [5, 5.41) is 7.21. The molecule has 0 bridgehead atoms. The zero-order chi connectivity index (χ0) is 20.1. The molecule has 1 fully saturated rings. The van der Waals surface area contributed by atoms with Crippen molar-refractivity contribution in [1.82, 2.24) is 20.0 Å². The average molecular weight is 392 g/mol. The minimum Gasteiger partial charge on any atom is -0.492 e. The van der Waals surface area contributed by atoms with Gasteiger partial charge in [0.05, 0.1) is 18.4 Å². The second kappa shape index (κ2) is 8.68. The van der Waals surface area contributed by atoms with Gasteiger partial charge in [0.15, 0.2) is 17.6 Å². The summed E-state index contributed by atoms with van der Waals surface area (Å²) < 4.78 is 33.1. The van der Waals surface area contributed by atoms with Gasteiger partial charge in [-0.2, -0.15) is 5.10 Å². The number of benzene rings is 1. The van der Waals surface area contributed by atoms with Crippen molar-refractivity contribution >= 4 is 17.6 Å². The van der Waals surface area contributed by atoms with E-state index >= 15 is 0 Å². The molecule has 1 aromatic heterocycles. The molecule has 10 heteroatoms. The molecule has 0 aliphatic carbocycles. The predicted octanol–water partition coefficient (Wildman–Crippen LogP) is 1.00. The van der Waals surface area contributed by atoms with Crippen LogP contribution in [0.5, 0.6) is 5.75 Å². The Balaban J connectivity index is 1.47.